The standard InChI is InChI=1S/C18H20N4O4/c1-25-15-4-3-14(10-16(15)26-2)22-11-13(9-17(22)23)21-18(24)20-12-5-7-19-8-6-12/h3-8,10,13H,9,11H2,1-2H3,(H2,19,20,21,24). The molecule has 8 heteroatoms. The van der Waals surface area contributed by atoms with Gasteiger partial charge < -0.3 is 25.0 Å². The van der Waals surface area contributed by atoms with E-state index < -0.39 is 0 Å². The summed E-state index contributed by atoms with van der Waals surface area (Å²) in [6.45, 7) is 0.387. The molecule has 0 aliphatic carbocycles. The molecule has 1 atom stereocenters. The monoisotopic (exact) mass is 356 g/mol. The summed E-state index contributed by atoms with van der Waals surface area (Å²) in [5.74, 6) is 1.07. The van der Waals surface area contributed by atoms with Gasteiger partial charge in [-0.3, -0.25) is 9.78 Å². The van der Waals surface area contributed by atoms with Gasteiger partial charge in [-0.25, -0.2) is 4.79 Å². The molecular formula is C18H20N4O4. The van der Waals surface area contributed by atoms with Gasteiger partial charge >= 0.3 is 6.03 Å². The van der Waals surface area contributed by atoms with Crippen molar-refractivity contribution in [2.45, 2.75) is 12.5 Å². The minimum atomic E-state index is -0.358. The van der Waals surface area contributed by atoms with Gasteiger partial charge in [-0.05, 0) is 24.3 Å². The minimum Gasteiger partial charge on any atom is -0.493 e. The first kappa shape index (κ1) is 17.5. The van der Waals surface area contributed by atoms with E-state index >= 15 is 0 Å². The maximum Gasteiger partial charge on any atom is 0.319 e. The molecule has 0 radical (unpaired) electrons. The highest BCUT2D eigenvalue weighted by Gasteiger charge is 2.32. The van der Waals surface area contributed by atoms with E-state index in [4.69, 9.17) is 9.47 Å². The van der Waals surface area contributed by atoms with Crippen molar-refractivity contribution in [1.82, 2.24) is 10.3 Å². The fourth-order valence-electron chi connectivity index (χ4n) is 2.83. The second kappa shape index (κ2) is 7.73. The number of anilines is 2. The molecule has 1 saturated heterocycles. The molecule has 0 bridgehead atoms. The summed E-state index contributed by atoms with van der Waals surface area (Å²) in [4.78, 5) is 30.0. The van der Waals surface area contributed by atoms with Gasteiger partial charge in [-0.1, -0.05) is 0 Å². The summed E-state index contributed by atoms with van der Waals surface area (Å²) in [6, 6.07) is 8.03. The van der Waals surface area contributed by atoms with E-state index in [9.17, 15) is 9.59 Å². The maximum atomic E-state index is 12.4. The molecule has 1 fully saturated rings. The molecule has 1 aliphatic heterocycles. The van der Waals surface area contributed by atoms with E-state index in [0.29, 0.717) is 29.4 Å². The molecule has 1 unspecified atom stereocenters. The number of ether oxygens (including phenoxy) is 2. The number of methoxy groups -OCH3 is 2. The summed E-state index contributed by atoms with van der Waals surface area (Å²) in [5.41, 5.74) is 1.34. The van der Waals surface area contributed by atoms with Crippen molar-refractivity contribution in [2.75, 3.05) is 31.0 Å². The Kier molecular flexibility index (Phi) is 5.21. The number of amides is 3. The van der Waals surface area contributed by atoms with Crippen molar-refractivity contribution in [1.29, 1.82) is 0 Å². The van der Waals surface area contributed by atoms with Crippen LogP contribution < -0.4 is 25.0 Å². The Morgan fingerprint density at radius 2 is 1.88 bits per heavy atom. The summed E-state index contributed by atoms with van der Waals surface area (Å²) < 4.78 is 10.5. The number of urea groups is 1. The molecule has 1 aromatic carbocycles. The number of carbonyl (C=O) groups is 2. The van der Waals surface area contributed by atoms with Gasteiger partial charge in [0.05, 0.1) is 20.3 Å². The van der Waals surface area contributed by atoms with Crippen molar-refractivity contribution >= 4 is 23.3 Å². The molecule has 0 spiro atoms. The molecule has 1 aromatic heterocycles. The van der Waals surface area contributed by atoms with Gasteiger partial charge in [0.15, 0.2) is 11.5 Å². The predicted octanol–water partition coefficient (Wildman–Crippen LogP) is 2.03. The van der Waals surface area contributed by atoms with E-state index in [1.54, 1.807) is 61.8 Å². The molecule has 2 N–H and O–H groups in total. The molecule has 2 heterocycles. The fraction of sp³-hybridized carbons (Fsp3) is 0.278. The van der Waals surface area contributed by atoms with Gasteiger partial charge in [0.1, 0.15) is 0 Å². The Labute approximate surface area is 151 Å². The van der Waals surface area contributed by atoms with E-state index in [1.165, 1.54) is 0 Å². The number of benzene rings is 1. The fourth-order valence-corrected chi connectivity index (χ4v) is 2.83. The molecule has 1 aliphatic rings. The summed E-state index contributed by atoms with van der Waals surface area (Å²) >= 11 is 0. The number of nitrogens with zero attached hydrogens (tertiary/aromatic N) is 2. The zero-order chi connectivity index (χ0) is 18.5. The Balaban J connectivity index is 1.64. The third-order valence-corrected chi connectivity index (χ3v) is 4.08. The minimum absolute atomic E-state index is 0.0635. The predicted molar refractivity (Wildman–Crippen MR) is 96.7 cm³/mol. The lowest BCUT2D eigenvalue weighted by Gasteiger charge is -2.19. The first-order valence-corrected chi connectivity index (χ1v) is 8.10. The van der Waals surface area contributed by atoms with Crippen LogP contribution in [0.25, 0.3) is 0 Å². The van der Waals surface area contributed by atoms with Crippen LogP contribution in [-0.2, 0) is 4.79 Å². The van der Waals surface area contributed by atoms with E-state index in [0.717, 1.165) is 0 Å². The second-order valence-electron chi connectivity index (χ2n) is 5.78. The number of rotatable bonds is 5. The van der Waals surface area contributed by atoms with Crippen molar-refractivity contribution in [2.24, 2.45) is 0 Å². The van der Waals surface area contributed by atoms with Crippen LogP contribution in [0.15, 0.2) is 42.7 Å². The molecule has 2 aromatic rings. The largest absolute Gasteiger partial charge is 0.493 e. The van der Waals surface area contributed by atoms with Gasteiger partial charge in [-0.15, -0.1) is 0 Å². The van der Waals surface area contributed by atoms with Gasteiger partial charge in [-0.2, -0.15) is 0 Å². The molecular weight excluding hydrogens is 336 g/mol. The van der Waals surface area contributed by atoms with Crippen LogP contribution in [0.3, 0.4) is 0 Å². The maximum absolute atomic E-state index is 12.4. The topological polar surface area (TPSA) is 92.8 Å². The van der Waals surface area contributed by atoms with Gasteiger partial charge in [0.2, 0.25) is 5.91 Å². The van der Waals surface area contributed by atoms with Crippen molar-refractivity contribution in [3.63, 3.8) is 0 Å². The zero-order valence-electron chi connectivity index (χ0n) is 14.6. The van der Waals surface area contributed by atoms with Crippen molar-refractivity contribution in [3.8, 4) is 11.5 Å². The summed E-state index contributed by atoms with van der Waals surface area (Å²) in [6.07, 6.45) is 3.42. The second-order valence-corrected chi connectivity index (χ2v) is 5.78. The van der Waals surface area contributed by atoms with Crippen LogP contribution in [0.1, 0.15) is 6.42 Å². The highest BCUT2D eigenvalue weighted by Crippen LogP contribution is 2.33. The molecule has 3 rings (SSSR count). The van der Waals surface area contributed by atoms with E-state index in [-0.39, 0.29) is 24.4 Å². The number of pyridine rings is 1. The summed E-state index contributed by atoms with van der Waals surface area (Å²) in [7, 11) is 3.10. The summed E-state index contributed by atoms with van der Waals surface area (Å²) in [5, 5.41) is 5.53. The number of hydrogen-bond donors (Lipinski definition) is 2. The van der Waals surface area contributed by atoms with Crippen LogP contribution in [-0.4, -0.2) is 43.7 Å². The Morgan fingerprint density at radius 3 is 2.58 bits per heavy atom. The molecule has 3 amide bonds. The number of hydrogen-bond acceptors (Lipinski definition) is 5. The lowest BCUT2D eigenvalue weighted by Crippen LogP contribution is -2.39. The van der Waals surface area contributed by atoms with Crippen molar-refractivity contribution in [3.05, 3.63) is 42.7 Å². The molecule has 8 nitrogen and oxygen atoms in total. The number of aromatic nitrogens is 1. The lowest BCUT2D eigenvalue weighted by molar-refractivity contribution is -0.117. The van der Waals surface area contributed by atoms with Crippen LogP contribution in [0.2, 0.25) is 0 Å². The Hall–Kier alpha value is -3.29. The van der Waals surface area contributed by atoms with Gasteiger partial charge in [0.25, 0.3) is 0 Å². The third kappa shape index (κ3) is 3.85. The SMILES string of the molecule is COc1ccc(N2CC(NC(=O)Nc3ccncc3)CC2=O)cc1OC. The van der Waals surface area contributed by atoms with E-state index in [1.807, 2.05) is 0 Å². The Bertz CT molecular complexity index is 797. The number of nitrogens with one attached hydrogen (secondary N) is 2. The van der Waals surface area contributed by atoms with Crippen LogP contribution >= 0.6 is 0 Å². The number of carbonyl (C=O) groups excluding carboxylic acids is 2. The third-order valence-electron chi connectivity index (χ3n) is 4.08. The quantitative estimate of drug-likeness (QED) is 0.855. The first-order valence-electron chi connectivity index (χ1n) is 8.10. The van der Waals surface area contributed by atoms with Crippen LogP contribution in [0.4, 0.5) is 16.2 Å². The highest BCUT2D eigenvalue weighted by molar-refractivity contribution is 5.98. The Morgan fingerprint density at radius 1 is 1.15 bits per heavy atom. The lowest BCUT2D eigenvalue weighted by atomic mass is 10.2. The van der Waals surface area contributed by atoms with Crippen LogP contribution in [0.5, 0.6) is 11.5 Å². The zero-order valence-corrected chi connectivity index (χ0v) is 14.6. The molecule has 26 heavy (non-hydrogen) atoms. The molecule has 136 valence electrons. The van der Waals surface area contributed by atoms with E-state index in [2.05, 4.69) is 15.6 Å². The average molecular weight is 356 g/mol. The normalized spacial score (nSPS) is 16.3. The smallest absolute Gasteiger partial charge is 0.319 e. The van der Waals surface area contributed by atoms with Crippen LogP contribution in [0, 0.1) is 0 Å². The molecule has 0 saturated carbocycles. The van der Waals surface area contributed by atoms with Crippen molar-refractivity contribution < 1.29 is 19.1 Å². The average Bonchev–Trinajstić information content (AvgIpc) is 3.01. The van der Waals surface area contributed by atoms with Gasteiger partial charge in [0, 0.05) is 42.8 Å². The highest BCUT2D eigenvalue weighted by atomic mass is 16.5. The first-order chi connectivity index (χ1) is 12.6.